The third-order valence-corrected chi connectivity index (χ3v) is 11.7. The number of carbonyl (C=O) groups is 1. The Morgan fingerprint density at radius 2 is 1.81 bits per heavy atom. The number of aliphatic hydroxyl groups excluding tert-OH is 1. The lowest BCUT2D eigenvalue weighted by molar-refractivity contribution is -0.370. The van der Waals surface area contributed by atoms with Gasteiger partial charge in [-0.05, 0) is 25.8 Å². The average molecular weight is 512 g/mol. The van der Waals surface area contributed by atoms with E-state index in [2.05, 4.69) is 4.90 Å². The molecule has 1 saturated heterocycles. The average Bonchev–Trinajstić information content (AvgIpc) is 3.18. The highest BCUT2D eigenvalue weighted by atomic mass is 16.6. The summed E-state index contributed by atoms with van der Waals surface area (Å²) in [7, 11) is 4.73. The number of fused-ring (bicyclic) bond motifs is 2. The second-order valence-corrected chi connectivity index (χ2v) is 12.4. The predicted octanol–water partition coefficient (Wildman–Crippen LogP) is -0.697. The van der Waals surface area contributed by atoms with E-state index in [-0.39, 0.29) is 18.3 Å². The third kappa shape index (κ3) is 2.33. The van der Waals surface area contributed by atoms with Crippen LogP contribution in [0, 0.1) is 28.6 Å². The molecule has 0 radical (unpaired) electrons. The summed E-state index contributed by atoms with van der Waals surface area (Å²) in [6.07, 6.45) is -1.83. The second-order valence-electron chi connectivity index (χ2n) is 12.4. The summed E-state index contributed by atoms with van der Waals surface area (Å²) >= 11 is 0. The van der Waals surface area contributed by atoms with Crippen LogP contribution in [0.25, 0.3) is 0 Å². The summed E-state index contributed by atoms with van der Waals surface area (Å²) in [5, 5.41) is 50.5. The van der Waals surface area contributed by atoms with Crippen LogP contribution in [0.1, 0.15) is 39.5 Å². The number of hydrogen-bond acceptors (Lipinski definition) is 10. The van der Waals surface area contributed by atoms with E-state index >= 15 is 0 Å². The van der Waals surface area contributed by atoms with Crippen LogP contribution in [0.15, 0.2) is 0 Å². The molecule has 0 aromatic carbocycles. The monoisotopic (exact) mass is 511 g/mol. The maximum absolute atomic E-state index is 13.0. The molecule has 0 unspecified atom stereocenters. The normalized spacial score (nSPS) is 58.7. The second kappa shape index (κ2) is 7.63. The highest BCUT2D eigenvalue weighted by Crippen LogP contribution is 2.81. The Morgan fingerprint density at radius 3 is 2.39 bits per heavy atom. The van der Waals surface area contributed by atoms with Crippen molar-refractivity contribution < 1.29 is 44.2 Å². The van der Waals surface area contributed by atoms with Crippen LogP contribution < -0.4 is 0 Å². The van der Waals surface area contributed by atoms with Gasteiger partial charge in [0.2, 0.25) is 0 Å². The van der Waals surface area contributed by atoms with Crippen molar-refractivity contribution in [2.24, 2.45) is 28.6 Å². The summed E-state index contributed by atoms with van der Waals surface area (Å²) in [6, 6.07) is -0.659. The molecule has 4 N–H and O–H groups in total. The Kier molecular flexibility index (Phi) is 5.39. The van der Waals surface area contributed by atoms with Crippen LogP contribution in [0.2, 0.25) is 0 Å². The first-order chi connectivity index (χ1) is 17.0. The molecular formula is C26H41NO9. The Bertz CT molecular complexity index is 950. The first-order valence-electron chi connectivity index (χ1n) is 13.3. The van der Waals surface area contributed by atoms with E-state index in [1.165, 1.54) is 21.1 Å². The van der Waals surface area contributed by atoms with Crippen molar-refractivity contribution in [2.75, 3.05) is 41.0 Å². The fourth-order valence-corrected chi connectivity index (χ4v) is 11.0. The van der Waals surface area contributed by atoms with Gasteiger partial charge in [-0.2, -0.15) is 0 Å². The summed E-state index contributed by atoms with van der Waals surface area (Å²) in [5.74, 6) is -1.98. The zero-order valence-corrected chi connectivity index (χ0v) is 21.8. The molecule has 6 fully saturated rings. The van der Waals surface area contributed by atoms with Crippen molar-refractivity contribution in [3.8, 4) is 0 Å². The van der Waals surface area contributed by atoms with Crippen molar-refractivity contribution in [1.82, 2.24) is 4.90 Å². The molecule has 5 aliphatic carbocycles. The standard InChI is InChI=1S/C26H41NO9/c1-6-27-11-22(12-33-3)8-7-17(29)24-16-9-14-15(34-4)10-23(30,25(16,31)19(14)36-13(2)28)26(32,21(24)27)20(35-5)18(22)24/h14-21,29-32H,6-12H2,1-5H3/t14-,15+,16+,17+,18-,19+,20+,21+,22+,23-,24+,25+,26+/m1/s1. The lowest BCUT2D eigenvalue weighted by atomic mass is 9.41. The zero-order valence-electron chi connectivity index (χ0n) is 21.8. The molecule has 5 saturated carbocycles. The third-order valence-electron chi connectivity index (χ3n) is 11.7. The van der Waals surface area contributed by atoms with Crippen molar-refractivity contribution in [1.29, 1.82) is 0 Å². The first-order valence-corrected chi connectivity index (χ1v) is 13.3. The SMILES string of the molecule is CCN1C[C@]2(COC)CC[C@H](O)[C@@]34[C@@H]2[C@H](OC)[C@](O)([C@@H]13)[C@@]1(O)C[C@H](OC)[C@H]2C[C@@H]4[C@]1(O)[C@H]2OC(C)=O. The number of aliphatic hydroxyl groups is 4. The Hall–Kier alpha value is -0.850. The van der Waals surface area contributed by atoms with Crippen molar-refractivity contribution >= 4 is 5.97 Å². The van der Waals surface area contributed by atoms with Crippen molar-refractivity contribution in [2.45, 2.75) is 86.8 Å². The molecule has 7 bridgehead atoms. The molecule has 1 spiro atoms. The number of likely N-dealkylation sites (tertiary alicyclic amines) is 1. The van der Waals surface area contributed by atoms with Crippen LogP contribution in [0.3, 0.4) is 0 Å². The minimum Gasteiger partial charge on any atom is -0.459 e. The van der Waals surface area contributed by atoms with E-state index < -0.39 is 70.0 Å². The van der Waals surface area contributed by atoms with Crippen LogP contribution in [-0.2, 0) is 23.7 Å². The number of carbonyl (C=O) groups excluding carboxylic acids is 1. The maximum Gasteiger partial charge on any atom is 0.303 e. The molecule has 6 aliphatic rings. The Labute approximate surface area is 211 Å². The lowest BCUT2D eigenvalue weighted by Gasteiger charge is -2.71. The fraction of sp³-hybridized carbons (Fsp3) is 0.962. The summed E-state index contributed by atoms with van der Waals surface area (Å²) in [4.78, 5) is 14.4. The van der Waals surface area contributed by atoms with Crippen LogP contribution >= 0.6 is 0 Å². The highest BCUT2D eigenvalue weighted by Gasteiger charge is 2.95. The van der Waals surface area contributed by atoms with Gasteiger partial charge in [0, 0.05) is 69.8 Å². The van der Waals surface area contributed by atoms with E-state index in [1.807, 2.05) is 6.92 Å². The number of likely N-dealkylation sites (N-methyl/N-ethyl adjacent to an activating group) is 1. The summed E-state index contributed by atoms with van der Waals surface area (Å²) in [5.41, 5.74) is -7.51. The fourth-order valence-electron chi connectivity index (χ4n) is 11.0. The molecule has 10 heteroatoms. The van der Waals surface area contributed by atoms with Crippen LogP contribution in [-0.4, -0.2) is 120 Å². The van der Waals surface area contributed by atoms with Gasteiger partial charge in [-0.3, -0.25) is 9.69 Å². The van der Waals surface area contributed by atoms with Crippen LogP contribution in [0.4, 0.5) is 0 Å². The van der Waals surface area contributed by atoms with Crippen LogP contribution in [0.5, 0.6) is 0 Å². The number of nitrogens with zero attached hydrogens (tertiary/aromatic N) is 1. The van der Waals surface area contributed by atoms with Gasteiger partial charge in [0.25, 0.3) is 0 Å². The predicted molar refractivity (Wildman–Crippen MR) is 125 cm³/mol. The molecule has 36 heavy (non-hydrogen) atoms. The summed E-state index contributed by atoms with van der Waals surface area (Å²) < 4.78 is 23.5. The number of hydrogen-bond donors (Lipinski definition) is 4. The first kappa shape index (κ1) is 25.4. The van der Waals surface area contributed by atoms with E-state index in [0.29, 0.717) is 39.0 Å². The van der Waals surface area contributed by atoms with E-state index in [1.54, 1.807) is 7.11 Å². The number of piperidine rings is 1. The minimum absolute atomic E-state index is 0.0283. The molecule has 1 heterocycles. The van der Waals surface area contributed by atoms with Gasteiger partial charge >= 0.3 is 5.97 Å². The van der Waals surface area contributed by atoms with E-state index in [9.17, 15) is 25.2 Å². The maximum atomic E-state index is 13.0. The largest absolute Gasteiger partial charge is 0.459 e. The molecule has 1 aliphatic heterocycles. The van der Waals surface area contributed by atoms with Crippen molar-refractivity contribution in [3.63, 3.8) is 0 Å². The van der Waals surface area contributed by atoms with Gasteiger partial charge < -0.3 is 39.4 Å². The van der Waals surface area contributed by atoms with Gasteiger partial charge in [0.15, 0.2) is 0 Å². The van der Waals surface area contributed by atoms with Gasteiger partial charge in [-0.15, -0.1) is 0 Å². The number of methoxy groups -OCH3 is 3. The molecule has 204 valence electrons. The molecule has 6 rings (SSSR count). The number of ether oxygens (including phenoxy) is 4. The smallest absolute Gasteiger partial charge is 0.303 e. The molecule has 13 atom stereocenters. The minimum atomic E-state index is -2.11. The lowest BCUT2D eigenvalue weighted by Crippen LogP contribution is -2.88. The van der Waals surface area contributed by atoms with Crippen molar-refractivity contribution in [3.05, 3.63) is 0 Å². The highest BCUT2D eigenvalue weighted by molar-refractivity contribution is 5.66. The topological polar surface area (TPSA) is 138 Å². The molecule has 0 amide bonds. The van der Waals surface area contributed by atoms with E-state index in [4.69, 9.17) is 18.9 Å². The van der Waals surface area contributed by atoms with Gasteiger partial charge in [0.1, 0.15) is 22.9 Å². The van der Waals surface area contributed by atoms with Gasteiger partial charge in [0.05, 0.1) is 31.0 Å². The molecule has 0 aromatic rings. The number of rotatable bonds is 6. The quantitative estimate of drug-likeness (QED) is 0.339. The summed E-state index contributed by atoms with van der Waals surface area (Å²) in [6.45, 7) is 4.93. The van der Waals surface area contributed by atoms with Gasteiger partial charge in [-0.1, -0.05) is 6.92 Å². The molecular weight excluding hydrogens is 470 g/mol. The molecule has 0 aromatic heterocycles. The van der Waals surface area contributed by atoms with E-state index in [0.717, 1.165) is 0 Å². The van der Waals surface area contributed by atoms with Gasteiger partial charge in [-0.25, -0.2) is 0 Å². The zero-order chi connectivity index (χ0) is 26.1. The Morgan fingerprint density at radius 1 is 1.08 bits per heavy atom. The molecule has 10 nitrogen and oxygen atoms in total. The Balaban J connectivity index is 1.69. The number of esters is 1.